The SMILES string of the molecule is C=C(C)c1ncc(C2(C(N)=O)CC2)cc1C. The van der Waals surface area contributed by atoms with E-state index in [0.29, 0.717) is 0 Å². The summed E-state index contributed by atoms with van der Waals surface area (Å²) in [5.74, 6) is -0.239. The number of aryl methyl sites for hydroxylation is 1. The molecule has 3 nitrogen and oxygen atoms in total. The summed E-state index contributed by atoms with van der Waals surface area (Å²) in [6.07, 6.45) is 3.44. The molecule has 1 aromatic rings. The highest BCUT2D eigenvalue weighted by atomic mass is 16.1. The summed E-state index contributed by atoms with van der Waals surface area (Å²) >= 11 is 0. The molecule has 0 aromatic carbocycles. The van der Waals surface area contributed by atoms with Crippen molar-refractivity contribution in [1.29, 1.82) is 0 Å². The van der Waals surface area contributed by atoms with Crippen molar-refractivity contribution in [1.82, 2.24) is 4.98 Å². The van der Waals surface area contributed by atoms with Gasteiger partial charge < -0.3 is 5.73 Å². The third-order valence-electron chi connectivity index (χ3n) is 3.26. The maximum atomic E-state index is 11.4. The lowest BCUT2D eigenvalue weighted by Crippen LogP contribution is -2.28. The molecule has 0 spiro atoms. The molecule has 2 rings (SSSR count). The molecule has 16 heavy (non-hydrogen) atoms. The van der Waals surface area contributed by atoms with Crippen LogP contribution in [0.5, 0.6) is 0 Å². The first kappa shape index (κ1) is 10.9. The molecule has 0 unspecified atom stereocenters. The molecule has 0 atom stereocenters. The van der Waals surface area contributed by atoms with Gasteiger partial charge in [-0.3, -0.25) is 9.78 Å². The smallest absolute Gasteiger partial charge is 0.228 e. The molecule has 0 saturated heterocycles. The van der Waals surface area contributed by atoms with Gasteiger partial charge in [-0.1, -0.05) is 12.6 Å². The summed E-state index contributed by atoms with van der Waals surface area (Å²) in [6.45, 7) is 7.78. The van der Waals surface area contributed by atoms with Crippen molar-refractivity contribution in [3.63, 3.8) is 0 Å². The highest BCUT2D eigenvalue weighted by Crippen LogP contribution is 2.48. The Bertz CT molecular complexity index is 473. The molecule has 2 N–H and O–H groups in total. The molecule has 3 heteroatoms. The van der Waals surface area contributed by atoms with Crippen LogP contribution in [0.15, 0.2) is 18.8 Å². The molecular weight excluding hydrogens is 200 g/mol. The lowest BCUT2D eigenvalue weighted by Gasteiger charge is -2.13. The number of hydrogen-bond acceptors (Lipinski definition) is 2. The van der Waals surface area contributed by atoms with Gasteiger partial charge in [0.15, 0.2) is 0 Å². The van der Waals surface area contributed by atoms with Crippen molar-refractivity contribution in [3.8, 4) is 0 Å². The molecule has 1 aliphatic carbocycles. The minimum absolute atomic E-state index is 0.239. The monoisotopic (exact) mass is 216 g/mol. The topological polar surface area (TPSA) is 56.0 Å². The second-order valence-electron chi connectivity index (χ2n) is 4.62. The van der Waals surface area contributed by atoms with Crippen LogP contribution in [0.25, 0.3) is 5.57 Å². The molecule has 1 aromatic heterocycles. The van der Waals surface area contributed by atoms with Crippen LogP contribution in [0.2, 0.25) is 0 Å². The number of nitrogens with two attached hydrogens (primary N) is 1. The fourth-order valence-corrected chi connectivity index (χ4v) is 2.09. The maximum absolute atomic E-state index is 11.4. The number of pyridine rings is 1. The first-order chi connectivity index (χ1) is 7.47. The van der Waals surface area contributed by atoms with E-state index >= 15 is 0 Å². The minimum atomic E-state index is -0.439. The Morgan fingerprint density at radius 2 is 2.19 bits per heavy atom. The molecule has 1 aliphatic rings. The molecule has 84 valence electrons. The molecule has 0 bridgehead atoms. The van der Waals surface area contributed by atoms with Crippen LogP contribution in [0.4, 0.5) is 0 Å². The molecule has 1 heterocycles. The van der Waals surface area contributed by atoms with Gasteiger partial charge in [0.1, 0.15) is 0 Å². The van der Waals surface area contributed by atoms with Crippen molar-refractivity contribution < 1.29 is 4.79 Å². The van der Waals surface area contributed by atoms with Crippen molar-refractivity contribution in [3.05, 3.63) is 35.7 Å². The Hall–Kier alpha value is -1.64. The van der Waals surface area contributed by atoms with Crippen molar-refractivity contribution in [2.45, 2.75) is 32.1 Å². The predicted octanol–water partition coefficient (Wildman–Crippen LogP) is 1.94. The number of primary amides is 1. The average Bonchev–Trinajstić information content (AvgIpc) is 2.97. The first-order valence-corrected chi connectivity index (χ1v) is 5.40. The van der Waals surface area contributed by atoms with Gasteiger partial charge in [-0.25, -0.2) is 0 Å². The van der Waals surface area contributed by atoms with E-state index in [1.54, 1.807) is 6.20 Å². The largest absolute Gasteiger partial charge is 0.369 e. The molecule has 1 fully saturated rings. The fourth-order valence-electron chi connectivity index (χ4n) is 2.09. The quantitative estimate of drug-likeness (QED) is 0.839. The maximum Gasteiger partial charge on any atom is 0.228 e. The van der Waals surface area contributed by atoms with Crippen LogP contribution >= 0.6 is 0 Å². The number of carbonyl (C=O) groups is 1. The second-order valence-corrected chi connectivity index (χ2v) is 4.62. The van der Waals surface area contributed by atoms with Crippen molar-refractivity contribution in [2.75, 3.05) is 0 Å². The Morgan fingerprint density at radius 1 is 1.56 bits per heavy atom. The number of carbonyl (C=O) groups excluding carboxylic acids is 1. The normalized spacial score (nSPS) is 16.9. The van der Waals surface area contributed by atoms with E-state index in [1.807, 2.05) is 19.9 Å². The van der Waals surface area contributed by atoms with Gasteiger partial charge in [0, 0.05) is 6.20 Å². The second kappa shape index (κ2) is 3.44. The van der Waals surface area contributed by atoms with Crippen LogP contribution in [-0.2, 0) is 10.2 Å². The third kappa shape index (κ3) is 1.52. The summed E-state index contributed by atoms with van der Waals surface area (Å²) in [4.78, 5) is 15.8. The van der Waals surface area contributed by atoms with Gasteiger partial charge in [-0.15, -0.1) is 0 Å². The third-order valence-corrected chi connectivity index (χ3v) is 3.26. The summed E-state index contributed by atoms with van der Waals surface area (Å²) in [7, 11) is 0. The molecule has 1 saturated carbocycles. The molecule has 0 radical (unpaired) electrons. The van der Waals surface area contributed by atoms with Gasteiger partial charge in [0.25, 0.3) is 0 Å². The Morgan fingerprint density at radius 3 is 2.56 bits per heavy atom. The molecule has 0 aliphatic heterocycles. The lowest BCUT2D eigenvalue weighted by atomic mass is 9.94. The minimum Gasteiger partial charge on any atom is -0.369 e. The van der Waals surface area contributed by atoms with Crippen LogP contribution in [0.1, 0.15) is 36.6 Å². The van der Waals surface area contributed by atoms with Crippen LogP contribution in [0.3, 0.4) is 0 Å². The predicted molar refractivity (Wildman–Crippen MR) is 63.8 cm³/mol. The zero-order chi connectivity index (χ0) is 11.9. The summed E-state index contributed by atoms with van der Waals surface area (Å²) in [5, 5.41) is 0. The van der Waals surface area contributed by atoms with E-state index in [9.17, 15) is 4.79 Å². The number of rotatable bonds is 3. The highest BCUT2D eigenvalue weighted by molar-refractivity contribution is 5.89. The van der Waals surface area contributed by atoms with Crippen LogP contribution in [-0.4, -0.2) is 10.9 Å². The van der Waals surface area contributed by atoms with Crippen LogP contribution < -0.4 is 5.73 Å². The van der Waals surface area contributed by atoms with E-state index < -0.39 is 5.41 Å². The van der Waals surface area contributed by atoms with Crippen molar-refractivity contribution >= 4 is 11.5 Å². The van der Waals surface area contributed by atoms with Crippen molar-refractivity contribution in [2.24, 2.45) is 5.73 Å². The summed E-state index contributed by atoms with van der Waals surface area (Å²) in [5.41, 5.74) is 8.83. The lowest BCUT2D eigenvalue weighted by molar-refractivity contribution is -0.120. The Labute approximate surface area is 95.4 Å². The van der Waals surface area contributed by atoms with Crippen LogP contribution in [0, 0.1) is 6.92 Å². The number of aromatic nitrogens is 1. The number of hydrogen-bond donors (Lipinski definition) is 1. The van der Waals surface area contributed by atoms with E-state index in [0.717, 1.165) is 35.2 Å². The van der Waals surface area contributed by atoms with Gasteiger partial charge in [-0.2, -0.15) is 0 Å². The van der Waals surface area contributed by atoms with Gasteiger partial charge in [0.05, 0.1) is 11.1 Å². The average molecular weight is 216 g/mol. The van der Waals surface area contributed by atoms with Gasteiger partial charge >= 0.3 is 0 Å². The van der Waals surface area contributed by atoms with E-state index in [4.69, 9.17) is 5.73 Å². The van der Waals surface area contributed by atoms with Gasteiger partial charge in [0.2, 0.25) is 5.91 Å². The molecular formula is C13H16N2O. The zero-order valence-corrected chi connectivity index (χ0v) is 9.71. The standard InChI is InChI=1S/C13H16N2O/c1-8(2)11-9(3)6-10(7-15-11)13(4-5-13)12(14)16/h6-7H,1,4-5H2,2-3H3,(H2,14,16). The van der Waals surface area contributed by atoms with E-state index in [2.05, 4.69) is 11.6 Å². The van der Waals surface area contributed by atoms with E-state index in [1.165, 1.54) is 0 Å². The first-order valence-electron chi connectivity index (χ1n) is 5.40. The Kier molecular flexibility index (Phi) is 2.34. The van der Waals surface area contributed by atoms with E-state index in [-0.39, 0.29) is 5.91 Å². The summed E-state index contributed by atoms with van der Waals surface area (Å²) < 4.78 is 0. The summed E-state index contributed by atoms with van der Waals surface area (Å²) in [6, 6.07) is 2.01. The Balaban J connectivity index is 2.43. The molecule has 1 amide bonds. The fraction of sp³-hybridized carbons (Fsp3) is 0.385. The number of allylic oxidation sites excluding steroid dienone is 1. The highest BCUT2D eigenvalue weighted by Gasteiger charge is 2.50. The number of nitrogens with zero attached hydrogens (tertiary/aromatic N) is 1. The van der Waals surface area contributed by atoms with Gasteiger partial charge in [-0.05, 0) is 43.4 Å². The zero-order valence-electron chi connectivity index (χ0n) is 9.71. The number of amides is 1.